The van der Waals surface area contributed by atoms with E-state index in [1.54, 1.807) is 0 Å². The molecular weight excluding hydrogens is 325 g/mol. The summed E-state index contributed by atoms with van der Waals surface area (Å²) in [6.45, 7) is 1.61. The number of primary sulfonamides is 1. The van der Waals surface area contributed by atoms with Gasteiger partial charge in [0.15, 0.2) is 11.6 Å². The Bertz CT molecular complexity index is 688. The molecule has 0 bridgehead atoms. The average Bonchev–Trinajstić information content (AvgIpc) is 2.46. The van der Waals surface area contributed by atoms with Crippen LogP contribution in [0.2, 0.25) is 0 Å². The molecule has 0 saturated carbocycles. The van der Waals surface area contributed by atoms with Crippen LogP contribution in [0.3, 0.4) is 0 Å². The first-order valence-electron chi connectivity index (χ1n) is 7.20. The van der Waals surface area contributed by atoms with Crippen LogP contribution in [-0.2, 0) is 21.2 Å². The SMILES string of the molecule is COc1c(F)cc(CC(=O)N[C@H]2CCCNC2)cc1S(N)(=O)=O. The van der Waals surface area contributed by atoms with E-state index in [4.69, 9.17) is 9.88 Å². The van der Waals surface area contributed by atoms with Gasteiger partial charge in [-0.1, -0.05) is 0 Å². The zero-order valence-electron chi connectivity index (χ0n) is 12.8. The smallest absolute Gasteiger partial charge is 0.241 e. The van der Waals surface area contributed by atoms with Crippen molar-refractivity contribution in [1.29, 1.82) is 0 Å². The first-order valence-corrected chi connectivity index (χ1v) is 8.75. The molecular formula is C14H20FN3O4S. The van der Waals surface area contributed by atoms with Crippen LogP contribution in [0.5, 0.6) is 5.75 Å². The van der Waals surface area contributed by atoms with Gasteiger partial charge in [0.25, 0.3) is 0 Å². The molecule has 23 heavy (non-hydrogen) atoms. The Kier molecular flexibility index (Phi) is 5.55. The van der Waals surface area contributed by atoms with E-state index in [1.165, 1.54) is 0 Å². The summed E-state index contributed by atoms with van der Waals surface area (Å²) in [5.74, 6) is -1.63. The number of sulfonamides is 1. The molecule has 1 saturated heterocycles. The van der Waals surface area contributed by atoms with Gasteiger partial charge in [-0.2, -0.15) is 0 Å². The van der Waals surface area contributed by atoms with Gasteiger partial charge in [0, 0.05) is 12.6 Å². The van der Waals surface area contributed by atoms with Crippen LogP contribution in [0.15, 0.2) is 17.0 Å². The third kappa shape index (κ3) is 4.63. The molecule has 1 amide bonds. The number of carbonyl (C=O) groups excluding carboxylic acids is 1. The zero-order chi connectivity index (χ0) is 17.0. The van der Waals surface area contributed by atoms with Crippen LogP contribution in [-0.4, -0.2) is 40.6 Å². The van der Waals surface area contributed by atoms with E-state index in [0.717, 1.165) is 38.6 Å². The predicted molar refractivity (Wildman–Crippen MR) is 82.1 cm³/mol. The third-order valence-corrected chi connectivity index (χ3v) is 4.52. The zero-order valence-corrected chi connectivity index (χ0v) is 13.6. The van der Waals surface area contributed by atoms with Gasteiger partial charge in [-0.05, 0) is 37.1 Å². The molecule has 0 spiro atoms. The molecule has 7 nitrogen and oxygen atoms in total. The minimum absolute atomic E-state index is 0.0251. The molecule has 9 heteroatoms. The Morgan fingerprint density at radius 1 is 1.52 bits per heavy atom. The number of nitrogens with two attached hydrogens (primary N) is 1. The molecule has 0 aromatic heterocycles. The number of rotatable bonds is 5. The van der Waals surface area contributed by atoms with E-state index in [0.29, 0.717) is 6.54 Å². The fraction of sp³-hybridized carbons (Fsp3) is 0.500. The third-order valence-electron chi connectivity index (χ3n) is 3.61. The highest BCUT2D eigenvalue weighted by Crippen LogP contribution is 2.28. The lowest BCUT2D eigenvalue weighted by atomic mass is 10.1. The first-order chi connectivity index (χ1) is 10.8. The van der Waals surface area contributed by atoms with Gasteiger partial charge in [-0.25, -0.2) is 17.9 Å². The van der Waals surface area contributed by atoms with Gasteiger partial charge in [0.1, 0.15) is 4.90 Å². The first kappa shape index (κ1) is 17.6. The Morgan fingerprint density at radius 3 is 2.83 bits per heavy atom. The number of hydrogen-bond acceptors (Lipinski definition) is 5. The van der Waals surface area contributed by atoms with Crippen molar-refractivity contribution in [2.45, 2.75) is 30.2 Å². The van der Waals surface area contributed by atoms with E-state index < -0.39 is 26.5 Å². The summed E-state index contributed by atoms with van der Waals surface area (Å²) in [6, 6.07) is 2.26. The summed E-state index contributed by atoms with van der Waals surface area (Å²) in [5.41, 5.74) is 0.216. The van der Waals surface area contributed by atoms with Crippen molar-refractivity contribution in [1.82, 2.24) is 10.6 Å². The van der Waals surface area contributed by atoms with Crippen LogP contribution in [0, 0.1) is 5.82 Å². The van der Waals surface area contributed by atoms with Crippen LogP contribution in [0.1, 0.15) is 18.4 Å². The fourth-order valence-electron chi connectivity index (χ4n) is 2.57. The molecule has 0 unspecified atom stereocenters. The predicted octanol–water partition coefficient (Wildman–Crippen LogP) is -0.108. The number of methoxy groups -OCH3 is 1. The van der Waals surface area contributed by atoms with Gasteiger partial charge in [-0.3, -0.25) is 4.79 Å². The number of carbonyl (C=O) groups is 1. The normalized spacial score (nSPS) is 18.5. The lowest BCUT2D eigenvalue weighted by Crippen LogP contribution is -2.46. The maximum atomic E-state index is 14.0. The van der Waals surface area contributed by atoms with Crippen molar-refractivity contribution in [3.63, 3.8) is 0 Å². The monoisotopic (exact) mass is 345 g/mol. The van der Waals surface area contributed by atoms with Crippen molar-refractivity contribution < 1.29 is 22.3 Å². The van der Waals surface area contributed by atoms with E-state index >= 15 is 0 Å². The maximum Gasteiger partial charge on any atom is 0.241 e. The summed E-state index contributed by atoms with van der Waals surface area (Å²) >= 11 is 0. The van der Waals surface area contributed by atoms with E-state index in [-0.39, 0.29) is 23.9 Å². The highest BCUT2D eigenvalue weighted by atomic mass is 32.2. The largest absolute Gasteiger partial charge is 0.492 e. The molecule has 1 aliphatic heterocycles. The van der Waals surface area contributed by atoms with E-state index in [9.17, 15) is 17.6 Å². The second-order valence-corrected chi connectivity index (χ2v) is 6.97. The van der Waals surface area contributed by atoms with Crippen LogP contribution in [0.4, 0.5) is 4.39 Å². The highest BCUT2D eigenvalue weighted by Gasteiger charge is 2.22. The Hall–Kier alpha value is -1.71. The topological polar surface area (TPSA) is 111 Å². The van der Waals surface area contributed by atoms with Crippen LogP contribution >= 0.6 is 0 Å². The molecule has 1 aromatic rings. The standard InChI is InChI=1S/C14H20FN3O4S/c1-22-14-11(15)5-9(6-12(14)23(16,20)21)7-13(19)18-10-3-2-4-17-8-10/h5-6,10,17H,2-4,7-8H2,1H3,(H,18,19)(H2,16,20,21)/t10-/m0/s1. The number of nitrogens with one attached hydrogen (secondary N) is 2. The van der Waals surface area contributed by atoms with Crippen molar-refractivity contribution in [2.24, 2.45) is 5.14 Å². The fourth-order valence-corrected chi connectivity index (χ4v) is 3.33. The summed E-state index contributed by atoms with van der Waals surface area (Å²) in [5, 5.41) is 11.1. The molecule has 2 rings (SSSR count). The molecule has 0 radical (unpaired) electrons. The highest BCUT2D eigenvalue weighted by molar-refractivity contribution is 7.89. The van der Waals surface area contributed by atoms with Crippen molar-refractivity contribution >= 4 is 15.9 Å². The Labute approximate surface area is 134 Å². The number of piperidine rings is 1. The van der Waals surface area contributed by atoms with Gasteiger partial charge < -0.3 is 15.4 Å². The number of ether oxygens (including phenoxy) is 1. The lowest BCUT2D eigenvalue weighted by Gasteiger charge is -2.23. The van der Waals surface area contributed by atoms with Gasteiger partial charge in [0.2, 0.25) is 15.9 Å². The van der Waals surface area contributed by atoms with Crippen LogP contribution in [0.25, 0.3) is 0 Å². The number of amides is 1. The second kappa shape index (κ2) is 7.24. The van der Waals surface area contributed by atoms with E-state index in [2.05, 4.69) is 10.6 Å². The minimum atomic E-state index is -4.16. The molecule has 128 valence electrons. The molecule has 4 N–H and O–H groups in total. The van der Waals surface area contributed by atoms with Crippen LogP contribution < -0.4 is 20.5 Å². The molecule has 1 aliphatic rings. The van der Waals surface area contributed by atoms with Gasteiger partial charge in [-0.15, -0.1) is 0 Å². The number of hydrogen-bond donors (Lipinski definition) is 3. The van der Waals surface area contributed by atoms with Gasteiger partial charge in [0.05, 0.1) is 13.5 Å². The van der Waals surface area contributed by atoms with Crippen molar-refractivity contribution in [2.75, 3.05) is 20.2 Å². The summed E-state index contributed by atoms with van der Waals surface area (Å²) in [4.78, 5) is 11.6. The molecule has 1 fully saturated rings. The number of halogens is 1. The average molecular weight is 345 g/mol. The molecule has 1 heterocycles. The maximum absolute atomic E-state index is 14.0. The Balaban J connectivity index is 2.16. The van der Waals surface area contributed by atoms with Crippen molar-refractivity contribution in [3.8, 4) is 5.75 Å². The molecule has 1 atom stereocenters. The molecule has 0 aliphatic carbocycles. The second-order valence-electron chi connectivity index (χ2n) is 5.44. The molecule has 1 aromatic carbocycles. The summed E-state index contributed by atoms with van der Waals surface area (Å²) < 4.78 is 41.8. The Morgan fingerprint density at radius 2 is 2.26 bits per heavy atom. The summed E-state index contributed by atoms with van der Waals surface area (Å²) in [6.07, 6.45) is 1.70. The summed E-state index contributed by atoms with van der Waals surface area (Å²) in [7, 11) is -3.01. The minimum Gasteiger partial charge on any atom is -0.492 e. The quantitative estimate of drug-likeness (QED) is 0.690. The van der Waals surface area contributed by atoms with Gasteiger partial charge >= 0.3 is 0 Å². The number of benzene rings is 1. The van der Waals surface area contributed by atoms with Crippen molar-refractivity contribution in [3.05, 3.63) is 23.5 Å². The lowest BCUT2D eigenvalue weighted by molar-refractivity contribution is -0.121. The van der Waals surface area contributed by atoms with E-state index in [1.807, 2.05) is 0 Å².